The predicted octanol–water partition coefficient (Wildman–Crippen LogP) is -1.32. The third kappa shape index (κ3) is 3.64. The summed E-state index contributed by atoms with van der Waals surface area (Å²) in [5.41, 5.74) is 6.03. The number of hydrogen-bond acceptors (Lipinski definition) is 8. The van der Waals surface area contributed by atoms with Gasteiger partial charge >= 0.3 is 5.97 Å². The Labute approximate surface area is 122 Å². The molecule has 0 radical (unpaired) electrons. The van der Waals surface area contributed by atoms with Crippen LogP contribution in [0, 0.1) is 0 Å². The zero-order valence-electron chi connectivity index (χ0n) is 11.9. The fourth-order valence-electron chi connectivity index (χ4n) is 1.89. The van der Waals surface area contributed by atoms with E-state index in [1.807, 2.05) is 0 Å². The smallest absolute Gasteiger partial charge is 0.345 e. The molecular weight excluding hydrogens is 298 g/mol. The van der Waals surface area contributed by atoms with Crippen molar-refractivity contribution in [2.75, 3.05) is 43.3 Å². The minimum Gasteiger partial charge on any atom is -0.465 e. The lowest BCUT2D eigenvalue weighted by Crippen LogP contribution is -2.51. The van der Waals surface area contributed by atoms with E-state index in [-0.39, 0.29) is 29.7 Å². The molecule has 118 valence electrons. The lowest BCUT2D eigenvalue weighted by molar-refractivity contribution is 0.0603. The molecule has 1 aromatic heterocycles. The molecule has 0 amide bonds. The zero-order chi connectivity index (χ0) is 15.6. The van der Waals surface area contributed by atoms with Crippen molar-refractivity contribution in [3.8, 4) is 0 Å². The van der Waals surface area contributed by atoms with E-state index in [0.717, 1.165) is 19.3 Å². The Balaban J connectivity index is 2.26. The van der Waals surface area contributed by atoms with Crippen molar-refractivity contribution in [3.05, 3.63) is 5.56 Å². The molecule has 0 aromatic carbocycles. The van der Waals surface area contributed by atoms with Crippen LogP contribution in [-0.4, -0.2) is 62.4 Å². The summed E-state index contributed by atoms with van der Waals surface area (Å²) in [6.45, 7) is 1.60. The molecule has 0 aliphatic carbocycles. The second-order valence-corrected chi connectivity index (χ2v) is 7.21. The van der Waals surface area contributed by atoms with E-state index >= 15 is 0 Å². The van der Waals surface area contributed by atoms with Crippen molar-refractivity contribution < 1.29 is 17.9 Å². The van der Waals surface area contributed by atoms with Gasteiger partial charge in [0.05, 0.1) is 25.4 Å². The predicted molar refractivity (Wildman–Crippen MR) is 78.0 cm³/mol. The standard InChI is InChI=1S/C11H19N5O4S/c1-20-11(17)8-9(12)16(3-4-21(2,18)19)15-10(8)14-7-5-13-6-7/h7,13H,3-6,12H2,1-2H3,(H,14,15). The molecule has 1 fully saturated rings. The Kier molecular flexibility index (Phi) is 4.37. The molecule has 1 aromatic rings. The van der Waals surface area contributed by atoms with Crippen molar-refractivity contribution >= 4 is 27.4 Å². The molecule has 1 aliphatic heterocycles. The topological polar surface area (TPSA) is 128 Å². The largest absolute Gasteiger partial charge is 0.465 e. The normalized spacial score (nSPS) is 15.5. The van der Waals surface area contributed by atoms with E-state index < -0.39 is 15.8 Å². The molecule has 9 nitrogen and oxygen atoms in total. The second kappa shape index (κ2) is 5.90. The number of esters is 1. The van der Waals surface area contributed by atoms with Crippen LogP contribution in [0.5, 0.6) is 0 Å². The molecule has 10 heteroatoms. The summed E-state index contributed by atoms with van der Waals surface area (Å²) in [4.78, 5) is 11.8. The van der Waals surface area contributed by atoms with Crippen molar-refractivity contribution in [3.63, 3.8) is 0 Å². The molecule has 1 aliphatic rings. The average Bonchev–Trinajstić information content (AvgIpc) is 2.66. The van der Waals surface area contributed by atoms with E-state index in [4.69, 9.17) is 10.5 Å². The lowest BCUT2D eigenvalue weighted by atomic mass is 10.2. The van der Waals surface area contributed by atoms with Gasteiger partial charge in [0.15, 0.2) is 5.82 Å². The van der Waals surface area contributed by atoms with Gasteiger partial charge in [0, 0.05) is 19.3 Å². The molecule has 1 saturated heterocycles. The Morgan fingerprint density at radius 3 is 2.71 bits per heavy atom. The van der Waals surface area contributed by atoms with Crippen LogP contribution >= 0.6 is 0 Å². The maximum absolute atomic E-state index is 11.8. The number of aryl methyl sites for hydroxylation is 1. The van der Waals surface area contributed by atoms with Crippen LogP contribution in [-0.2, 0) is 21.1 Å². The number of nitrogen functional groups attached to an aromatic ring is 1. The number of aromatic nitrogens is 2. The summed E-state index contributed by atoms with van der Waals surface area (Å²) in [5.74, 6) is -0.295. The summed E-state index contributed by atoms with van der Waals surface area (Å²) in [6.07, 6.45) is 1.13. The van der Waals surface area contributed by atoms with Crippen molar-refractivity contribution in [2.45, 2.75) is 12.6 Å². The van der Waals surface area contributed by atoms with E-state index in [1.54, 1.807) is 0 Å². The van der Waals surface area contributed by atoms with E-state index in [2.05, 4.69) is 15.7 Å². The number of hydrogen-bond donors (Lipinski definition) is 3. The molecule has 0 saturated carbocycles. The highest BCUT2D eigenvalue weighted by molar-refractivity contribution is 7.90. The van der Waals surface area contributed by atoms with Crippen LogP contribution in [0.15, 0.2) is 0 Å². The van der Waals surface area contributed by atoms with Crippen LogP contribution < -0.4 is 16.4 Å². The van der Waals surface area contributed by atoms with Gasteiger partial charge in [0.2, 0.25) is 0 Å². The van der Waals surface area contributed by atoms with E-state index in [9.17, 15) is 13.2 Å². The monoisotopic (exact) mass is 317 g/mol. The number of nitrogens with two attached hydrogens (primary N) is 1. The van der Waals surface area contributed by atoms with Gasteiger partial charge in [-0.2, -0.15) is 5.10 Å². The first kappa shape index (κ1) is 15.6. The SMILES string of the molecule is COC(=O)c1c(NC2CNC2)nn(CCS(C)(=O)=O)c1N. The highest BCUT2D eigenvalue weighted by Gasteiger charge is 2.26. The number of nitrogens with zero attached hydrogens (tertiary/aromatic N) is 2. The summed E-state index contributed by atoms with van der Waals surface area (Å²) in [6, 6.07) is 0.158. The maximum atomic E-state index is 11.8. The van der Waals surface area contributed by atoms with Crippen LogP contribution in [0.2, 0.25) is 0 Å². The third-order valence-electron chi connectivity index (χ3n) is 3.18. The third-order valence-corrected chi connectivity index (χ3v) is 4.10. The van der Waals surface area contributed by atoms with Crippen LogP contribution in [0.25, 0.3) is 0 Å². The number of sulfone groups is 1. The molecule has 2 heterocycles. The average molecular weight is 317 g/mol. The number of ether oxygens (including phenoxy) is 1. The van der Waals surface area contributed by atoms with Gasteiger partial charge < -0.3 is 21.1 Å². The number of carbonyl (C=O) groups excluding carboxylic acids is 1. The highest BCUT2D eigenvalue weighted by Crippen LogP contribution is 2.24. The van der Waals surface area contributed by atoms with Gasteiger partial charge in [0.1, 0.15) is 21.2 Å². The Hall–Kier alpha value is -1.81. The highest BCUT2D eigenvalue weighted by atomic mass is 32.2. The molecule has 21 heavy (non-hydrogen) atoms. The lowest BCUT2D eigenvalue weighted by Gasteiger charge is -2.28. The van der Waals surface area contributed by atoms with Gasteiger partial charge in [-0.05, 0) is 0 Å². The van der Waals surface area contributed by atoms with Crippen LogP contribution in [0.3, 0.4) is 0 Å². The Bertz CT molecular complexity index is 635. The molecule has 0 unspecified atom stereocenters. The molecule has 2 rings (SSSR count). The minimum atomic E-state index is -3.15. The minimum absolute atomic E-state index is 0.0826. The Morgan fingerprint density at radius 1 is 1.57 bits per heavy atom. The van der Waals surface area contributed by atoms with Gasteiger partial charge in [-0.3, -0.25) is 0 Å². The first-order valence-electron chi connectivity index (χ1n) is 6.41. The van der Waals surface area contributed by atoms with Crippen LogP contribution in [0.1, 0.15) is 10.4 Å². The maximum Gasteiger partial charge on any atom is 0.345 e. The molecule has 0 atom stereocenters. The molecule has 0 bridgehead atoms. The van der Waals surface area contributed by atoms with Gasteiger partial charge in [-0.25, -0.2) is 17.9 Å². The van der Waals surface area contributed by atoms with E-state index in [0.29, 0.717) is 5.82 Å². The zero-order valence-corrected chi connectivity index (χ0v) is 12.7. The summed E-state index contributed by atoms with van der Waals surface area (Å²) in [5, 5.41) is 10.4. The first-order valence-corrected chi connectivity index (χ1v) is 8.47. The number of carbonyl (C=O) groups is 1. The fourth-order valence-corrected chi connectivity index (χ4v) is 2.39. The van der Waals surface area contributed by atoms with Crippen molar-refractivity contribution in [1.29, 1.82) is 0 Å². The Morgan fingerprint density at radius 2 is 2.24 bits per heavy atom. The summed E-state index contributed by atoms with van der Waals surface area (Å²) >= 11 is 0. The molecule has 4 N–H and O–H groups in total. The van der Waals surface area contributed by atoms with E-state index in [1.165, 1.54) is 11.8 Å². The number of anilines is 2. The number of methoxy groups -OCH3 is 1. The first-order chi connectivity index (χ1) is 9.81. The number of nitrogens with one attached hydrogen (secondary N) is 2. The molecular formula is C11H19N5O4S. The summed E-state index contributed by atoms with van der Waals surface area (Å²) < 4.78 is 28.5. The van der Waals surface area contributed by atoms with Crippen molar-refractivity contribution in [2.24, 2.45) is 0 Å². The molecule has 0 spiro atoms. The number of rotatable bonds is 6. The quantitative estimate of drug-likeness (QED) is 0.551. The van der Waals surface area contributed by atoms with Crippen molar-refractivity contribution in [1.82, 2.24) is 15.1 Å². The van der Waals surface area contributed by atoms with Gasteiger partial charge in [-0.15, -0.1) is 0 Å². The van der Waals surface area contributed by atoms with Gasteiger partial charge in [-0.1, -0.05) is 0 Å². The fraction of sp³-hybridized carbons (Fsp3) is 0.636. The van der Waals surface area contributed by atoms with Crippen LogP contribution in [0.4, 0.5) is 11.6 Å². The second-order valence-electron chi connectivity index (χ2n) is 4.95. The summed E-state index contributed by atoms with van der Waals surface area (Å²) in [7, 11) is -1.89. The van der Waals surface area contributed by atoms with Gasteiger partial charge in [0.25, 0.3) is 0 Å².